The molecule has 8 rings (SSSR count). The predicted molar refractivity (Wildman–Crippen MR) is 338 cm³/mol. The van der Waals surface area contributed by atoms with E-state index in [0.29, 0.717) is 41.0 Å². The van der Waals surface area contributed by atoms with E-state index in [-0.39, 0.29) is 119 Å². The van der Waals surface area contributed by atoms with Crippen molar-refractivity contribution in [1.82, 2.24) is 40.8 Å². The average molecular weight is 1290 g/mol. The van der Waals surface area contributed by atoms with Gasteiger partial charge in [0.25, 0.3) is 11.8 Å². The van der Waals surface area contributed by atoms with E-state index < -0.39 is 43.4 Å². The maximum absolute atomic E-state index is 14.1. The topological polar surface area (TPSA) is 299 Å². The molecule has 1 unspecified atom stereocenters. The number of hydrogen-bond acceptors (Lipinski definition) is 17. The Hall–Kier alpha value is -8.39. The summed E-state index contributed by atoms with van der Waals surface area (Å²) >= 11 is 0. The van der Waals surface area contributed by atoms with Crippen LogP contribution < -0.4 is 45.7 Å². The van der Waals surface area contributed by atoms with Gasteiger partial charge in [-0.2, -0.15) is 13.2 Å². The quantitative estimate of drug-likeness (QED) is 0.00947. The molecule has 3 amide bonds. The second-order valence-electron chi connectivity index (χ2n) is 22.1. The van der Waals surface area contributed by atoms with Crippen molar-refractivity contribution >= 4 is 47.7 Å². The summed E-state index contributed by atoms with van der Waals surface area (Å²) in [4.78, 5) is 66.6. The number of ether oxygens (including phenoxy) is 3. The number of benzene rings is 5. The van der Waals surface area contributed by atoms with Crippen molar-refractivity contribution in [3.8, 4) is 28.2 Å². The summed E-state index contributed by atoms with van der Waals surface area (Å²) in [6.45, 7) is 13.9. The minimum Gasteiger partial charge on any atom is -0.799 e. The Morgan fingerprint density at radius 1 is 0.804 bits per heavy atom. The number of rotatable bonds is 36. The lowest BCUT2D eigenvalue weighted by Crippen LogP contribution is -2.33. The van der Waals surface area contributed by atoms with Gasteiger partial charge in [0.1, 0.15) is 49.0 Å². The van der Waals surface area contributed by atoms with Gasteiger partial charge < -0.3 is 64.5 Å². The van der Waals surface area contributed by atoms with Crippen molar-refractivity contribution < 1.29 is 70.6 Å². The number of aliphatic hydroxyl groups excluding tert-OH is 1. The lowest BCUT2D eigenvalue weighted by Gasteiger charge is -2.27. The highest BCUT2D eigenvalue weighted by Gasteiger charge is 2.65. The van der Waals surface area contributed by atoms with Gasteiger partial charge >= 0.3 is 17.8 Å². The number of carboxylic acid groups (broad SMARTS) is 1. The Labute approximate surface area is 530 Å². The number of aromatic nitrogens is 3. The average Bonchev–Trinajstić information content (AvgIpc) is 0.891. The second-order valence-corrected chi connectivity index (χ2v) is 24.5. The number of unbranched alkanes of at least 4 members (excludes halogenated alkanes) is 2. The van der Waals surface area contributed by atoms with E-state index in [4.69, 9.17) is 18.6 Å². The summed E-state index contributed by atoms with van der Waals surface area (Å²) in [5.74, 6) is -1.87. The molecule has 27 heteroatoms. The fraction of sp³-hybridized carbons (Fsp3) is 0.431. The Morgan fingerprint density at radius 3 is 2.27 bits per heavy atom. The molecule has 4 aromatic carbocycles. The molecule has 5 aromatic rings. The molecule has 492 valence electrons. The van der Waals surface area contributed by atoms with Crippen LogP contribution in [0.1, 0.15) is 108 Å². The zero-order chi connectivity index (χ0) is 66.0. The molecule has 92 heavy (non-hydrogen) atoms. The van der Waals surface area contributed by atoms with Gasteiger partial charge in [-0.15, -0.1) is 15.3 Å². The molecule has 0 saturated heterocycles. The molecule has 0 radical (unpaired) electrons. The number of hydrogen-bond donors (Lipinski definition) is 6. The number of halogens is 3. The van der Waals surface area contributed by atoms with Crippen LogP contribution in [0.5, 0.6) is 5.75 Å². The summed E-state index contributed by atoms with van der Waals surface area (Å²) in [6, 6.07) is 29.1. The van der Waals surface area contributed by atoms with Crippen LogP contribution in [0.2, 0.25) is 0 Å². The number of nitrogens with one attached hydrogen (secondary N) is 4. The van der Waals surface area contributed by atoms with Crippen molar-refractivity contribution in [3.63, 3.8) is 0 Å². The highest BCUT2D eigenvalue weighted by molar-refractivity contribution is 7.56. The molecule has 0 spiro atoms. The molecule has 1 aliphatic carbocycles. The van der Waals surface area contributed by atoms with Crippen LogP contribution in [-0.4, -0.2) is 152 Å². The van der Waals surface area contributed by atoms with Crippen LogP contribution in [0.4, 0.5) is 18.9 Å². The molecule has 23 nitrogen and oxygen atoms in total. The normalized spacial score (nSPS) is 13.9. The van der Waals surface area contributed by atoms with Gasteiger partial charge in [0.15, 0.2) is 0 Å². The van der Waals surface area contributed by atoms with Crippen molar-refractivity contribution in [1.29, 1.82) is 0 Å². The minimum atomic E-state index is -4.83. The molecule has 6 N–H and O–H groups in total. The van der Waals surface area contributed by atoms with Crippen LogP contribution in [0.15, 0.2) is 124 Å². The monoisotopic (exact) mass is 1290 g/mol. The first-order valence-electron chi connectivity index (χ1n) is 30.8. The third-order valence-electron chi connectivity index (χ3n) is 15.7. The Kier molecular flexibility index (Phi) is 24.4. The minimum absolute atomic E-state index is 0.0311. The standard InChI is InChI=1S/C65H79F3N11O12P/c1-6-77(7-2)48-21-24-53-57(36-48)91-58-37-49(78(8-3)9-4)22-25-54(58)60(53)51-18-11-12-19-52(51)61(82)72-38-47-40-79(76-73-47)41-59(81)69-27-28-88-29-30-89-31-32-90-56-35-46(64(74-75-64)65(66,67)68)20-23-55(56)62(83)70-26-13-10-14-33-92(86,87)42-50(80)39-71-43(5)44-16-15-17-45(34-44)63(84)85/h11-12,15-25,34-37,40,43,50,71,80H,6-10,13-14,26-33,38-39,41-42H2,1-5H3,(H4-,69,70,72,81,82,83,84,85,86,87)/t43-,50+/m1/s1. The molecule has 3 aliphatic rings. The summed E-state index contributed by atoms with van der Waals surface area (Å²) in [7, 11) is -3.98. The number of amides is 3. The number of anilines is 1. The number of aliphatic hydroxyl groups is 1. The van der Waals surface area contributed by atoms with Gasteiger partial charge in [-0.25, -0.2) is 14.1 Å². The largest absolute Gasteiger partial charge is 0.799 e. The number of aromatic carboxylic acids is 1. The van der Waals surface area contributed by atoms with Crippen molar-refractivity contribution in [2.75, 3.05) is 96.1 Å². The van der Waals surface area contributed by atoms with Crippen LogP contribution >= 0.6 is 7.37 Å². The number of fused-ring (bicyclic) bond motifs is 2. The van der Waals surface area contributed by atoms with Crippen molar-refractivity contribution in [2.24, 2.45) is 10.2 Å². The maximum atomic E-state index is 14.1. The van der Waals surface area contributed by atoms with Crippen LogP contribution in [0, 0.1) is 0 Å². The van der Waals surface area contributed by atoms with Gasteiger partial charge in [0.2, 0.25) is 11.3 Å². The van der Waals surface area contributed by atoms with E-state index >= 15 is 0 Å². The number of carbonyl (C=O) groups excluding carboxylic acids is 3. The fourth-order valence-corrected chi connectivity index (χ4v) is 12.3. The summed E-state index contributed by atoms with van der Waals surface area (Å²) < 4.78 is 81.9. The number of alkyl halides is 3. The number of carboxylic acids is 1. The summed E-state index contributed by atoms with van der Waals surface area (Å²) in [6.07, 6.45) is -4.06. The molecular formula is C65H79F3N11O12P. The highest BCUT2D eigenvalue weighted by atomic mass is 31.2. The maximum Gasteiger partial charge on any atom is 0.442 e. The van der Waals surface area contributed by atoms with Crippen LogP contribution in [0.3, 0.4) is 0 Å². The van der Waals surface area contributed by atoms with Crippen LogP contribution in [0.25, 0.3) is 33.4 Å². The summed E-state index contributed by atoms with van der Waals surface area (Å²) in [5.41, 5.74) is 2.70. The smallest absolute Gasteiger partial charge is 0.442 e. The van der Waals surface area contributed by atoms with E-state index in [2.05, 4.69) is 115 Å². The Bertz CT molecular complexity index is 3810. The molecule has 3 heterocycles. The third kappa shape index (κ3) is 18.2. The molecule has 0 bridgehead atoms. The predicted octanol–water partition coefficient (Wildman–Crippen LogP) is 7.74. The van der Waals surface area contributed by atoms with E-state index in [9.17, 15) is 52.0 Å². The lowest BCUT2D eigenvalue weighted by atomic mass is 9.90. The van der Waals surface area contributed by atoms with E-state index in [0.717, 1.165) is 71.4 Å². The van der Waals surface area contributed by atoms with E-state index in [1.54, 1.807) is 31.3 Å². The van der Waals surface area contributed by atoms with Gasteiger partial charge in [-0.1, -0.05) is 48.0 Å². The Morgan fingerprint density at radius 2 is 1.54 bits per heavy atom. The molecule has 0 saturated carbocycles. The third-order valence-corrected chi connectivity index (χ3v) is 17.7. The van der Waals surface area contributed by atoms with E-state index in [1.165, 1.54) is 22.9 Å². The van der Waals surface area contributed by atoms with Crippen molar-refractivity contribution in [2.45, 2.75) is 91.0 Å². The van der Waals surface area contributed by atoms with Gasteiger partial charge in [-0.05, 0) is 113 Å². The van der Waals surface area contributed by atoms with Gasteiger partial charge in [0, 0.05) is 97.8 Å². The zero-order valence-corrected chi connectivity index (χ0v) is 53.1. The number of nitrogens with zero attached hydrogens (tertiary/aromatic N) is 7. The first-order chi connectivity index (χ1) is 44.2. The van der Waals surface area contributed by atoms with Crippen LogP contribution in [-0.2, 0) is 37.6 Å². The second kappa shape index (κ2) is 32.3. The molecule has 0 fully saturated rings. The first kappa shape index (κ1) is 69.5. The van der Waals surface area contributed by atoms with Gasteiger partial charge in [-0.3, -0.25) is 14.4 Å². The highest BCUT2D eigenvalue weighted by Crippen LogP contribution is 2.53. The fourth-order valence-electron chi connectivity index (χ4n) is 10.7. The zero-order valence-electron chi connectivity index (χ0n) is 52.2. The first-order valence-corrected chi connectivity index (χ1v) is 32.8. The lowest BCUT2D eigenvalue weighted by molar-refractivity contribution is -0.176. The van der Waals surface area contributed by atoms with Crippen molar-refractivity contribution in [3.05, 3.63) is 148 Å². The Balaban J connectivity index is 0.741. The molecule has 1 aromatic heterocycles. The van der Waals surface area contributed by atoms with Gasteiger partial charge in [0.05, 0.1) is 62.5 Å². The SMILES string of the molecule is CCN(CC)c1ccc2c(-c3ccccc3C(=O)NCc3cn(CC(=O)NCCOCCOCCOc4cc(C5(C(F)(F)F)N=N5)ccc4C(=O)NCCCCCP(=O)([O-])C[C@@H](O)CN[C@H](C)c4cccc(C(=O)O)c4)nn3)c3ccc(=[N+](CC)CC)cc-3oc2c1. The molecule has 3 atom stereocenters. The summed E-state index contributed by atoms with van der Waals surface area (Å²) in [5, 5.41) is 47.9. The molecular weight excluding hydrogens is 1210 g/mol. The molecule has 2 aliphatic heterocycles. The van der Waals surface area contributed by atoms with E-state index in [1.807, 2.05) is 18.2 Å². The number of carbonyl (C=O) groups is 4.